The largest absolute Gasteiger partial charge is 0.329 e. The number of nitrogens with zero attached hydrogens (tertiary/aromatic N) is 1. The zero-order chi connectivity index (χ0) is 22.7. The van der Waals surface area contributed by atoms with Gasteiger partial charge in [0.15, 0.2) is 0 Å². The van der Waals surface area contributed by atoms with Gasteiger partial charge in [0, 0.05) is 15.7 Å². The first-order valence-electron chi connectivity index (χ1n) is 9.65. The lowest BCUT2D eigenvalue weighted by molar-refractivity contribution is -0.127. The van der Waals surface area contributed by atoms with Crippen LogP contribution in [0.1, 0.15) is 5.56 Å². The molecule has 3 aromatic rings. The van der Waals surface area contributed by atoms with Crippen LogP contribution in [0.25, 0.3) is 17.2 Å². The van der Waals surface area contributed by atoms with Crippen LogP contribution in [0.5, 0.6) is 0 Å². The molecular weight excluding hydrogens is 449 g/mol. The summed E-state index contributed by atoms with van der Waals surface area (Å²) >= 11 is 11.7. The molecule has 0 aliphatic carbocycles. The molecule has 1 heterocycles. The molecule has 8 heteroatoms. The van der Waals surface area contributed by atoms with Gasteiger partial charge in [0.2, 0.25) is 5.91 Å². The van der Waals surface area contributed by atoms with Crippen LogP contribution < -0.4 is 10.6 Å². The van der Waals surface area contributed by atoms with Crippen LogP contribution in [0.4, 0.5) is 10.5 Å². The lowest BCUT2D eigenvalue weighted by Crippen LogP contribution is -2.38. The number of amides is 4. The minimum absolute atomic E-state index is 0.105. The van der Waals surface area contributed by atoms with Crippen molar-refractivity contribution in [2.45, 2.75) is 0 Å². The second kappa shape index (κ2) is 9.26. The number of nitrogens with one attached hydrogen (secondary N) is 2. The van der Waals surface area contributed by atoms with Gasteiger partial charge in [0.1, 0.15) is 12.2 Å². The first-order valence-corrected chi connectivity index (χ1v) is 10.4. The first-order chi connectivity index (χ1) is 15.4. The number of benzene rings is 3. The van der Waals surface area contributed by atoms with E-state index in [0.29, 0.717) is 15.7 Å². The van der Waals surface area contributed by atoms with E-state index in [9.17, 15) is 14.4 Å². The molecule has 4 rings (SSSR count). The highest BCUT2D eigenvalue weighted by Crippen LogP contribution is 2.23. The van der Waals surface area contributed by atoms with E-state index in [1.807, 2.05) is 48.5 Å². The zero-order valence-electron chi connectivity index (χ0n) is 16.6. The number of carbonyl (C=O) groups excluding carboxylic acids is 3. The fourth-order valence-corrected chi connectivity index (χ4v) is 3.43. The number of anilines is 1. The molecule has 0 atom stereocenters. The summed E-state index contributed by atoms with van der Waals surface area (Å²) in [7, 11) is 0. The summed E-state index contributed by atoms with van der Waals surface area (Å²) in [6.45, 7) is -0.403. The molecule has 1 saturated heterocycles. The molecule has 4 amide bonds. The molecule has 0 radical (unpaired) electrons. The third-order valence-corrected chi connectivity index (χ3v) is 5.30. The summed E-state index contributed by atoms with van der Waals surface area (Å²) in [5, 5.41) is 6.34. The molecule has 0 aromatic heterocycles. The molecule has 32 heavy (non-hydrogen) atoms. The van der Waals surface area contributed by atoms with Crippen LogP contribution in [0.3, 0.4) is 0 Å². The molecule has 0 spiro atoms. The molecule has 1 aliphatic rings. The predicted octanol–water partition coefficient (Wildman–Crippen LogP) is 5.19. The van der Waals surface area contributed by atoms with E-state index in [0.717, 1.165) is 21.6 Å². The fourth-order valence-electron chi connectivity index (χ4n) is 3.17. The smallest absolute Gasteiger partial charge is 0.325 e. The maximum absolute atomic E-state index is 12.6. The molecule has 1 aliphatic heterocycles. The third-order valence-electron chi connectivity index (χ3n) is 4.79. The van der Waals surface area contributed by atoms with E-state index >= 15 is 0 Å². The van der Waals surface area contributed by atoms with Crippen LogP contribution in [0.2, 0.25) is 10.0 Å². The summed E-state index contributed by atoms with van der Waals surface area (Å²) in [5.41, 5.74) is 3.36. The number of carbonyl (C=O) groups is 3. The Labute approximate surface area is 194 Å². The maximum Gasteiger partial charge on any atom is 0.329 e. The second-order valence-electron chi connectivity index (χ2n) is 7.06. The van der Waals surface area contributed by atoms with E-state index in [-0.39, 0.29) is 5.70 Å². The van der Waals surface area contributed by atoms with E-state index in [1.54, 1.807) is 30.3 Å². The SMILES string of the molecule is O=C(CN1C(=O)NC(=Cc2ccc(-c3ccc(Cl)cc3)cc2)C1=O)Nc1ccc(Cl)cc1. The van der Waals surface area contributed by atoms with Gasteiger partial charge in [0.05, 0.1) is 0 Å². The Bertz CT molecular complexity index is 1200. The van der Waals surface area contributed by atoms with Gasteiger partial charge in [-0.25, -0.2) is 9.69 Å². The van der Waals surface area contributed by atoms with Crippen molar-refractivity contribution in [2.24, 2.45) is 0 Å². The number of rotatable bonds is 5. The summed E-state index contributed by atoms with van der Waals surface area (Å²) < 4.78 is 0. The Kier molecular flexibility index (Phi) is 6.25. The van der Waals surface area contributed by atoms with Gasteiger partial charge < -0.3 is 10.6 Å². The molecule has 1 fully saturated rings. The first kappa shape index (κ1) is 21.6. The van der Waals surface area contributed by atoms with Gasteiger partial charge in [-0.3, -0.25) is 9.59 Å². The number of hydrogen-bond donors (Lipinski definition) is 2. The van der Waals surface area contributed by atoms with E-state index < -0.39 is 24.4 Å². The van der Waals surface area contributed by atoms with Crippen LogP contribution >= 0.6 is 23.2 Å². The lowest BCUT2D eigenvalue weighted by atomic mass is 10.0. The predicted molar refractivity (Wildman–Crippen MR) is 125 cm³/mol. The van der Waals surface area contributed by atoms with Gasteiger partial charge >= 0.3 is 6.03 Å². The van der Waals surface area contributed by atoms with Crippen molar-refractivity contribution in [1.29, 1.82) is 0 Å². The van der Waals surface area contributed by atoms with Crippen molar-refractivity contribution in [3.05, 3.63) is 94.1 Å². The minimum Gasteiger partial charge on any atom is -0.325 e. The molecule has 0 unspecified atom stereocenters. The van der Waals surface area contributed by atoms with Gasteiger partial charge in [-0.1, -0.05) is 59.6 Å². The molecular formula is C24H17Cl2N3O3. The Morgan fingerprint density at radius 2 is 1.38 bits per heavy atom. The lowest BCUT2D eigenvalue weighted by Gasteiger charge is -2.12. The molecule has 160 valence electrons. The topological polar surface area (TPSA) is 78.5 Å². The normalized spacial score (nSPS) is 14.6. The maximum atomic E-state index is 12.6. The van der Waals surface area contributed by atoms with Gasteiger partial charge in [0.25, 0.3) is 5.91 Å². The summed E-state index contributed by atoms with van der Waals surface area (Å²) in [6, 6.07) is 20.8. The summed E-state index contributed by atoms with van der Waals surface area (Å²) in [5.74, 6) is -1.06. The minimum atomic E-state index is -0.648. The monoisotopic (exact) mass is 465 g/mol. The van der Waals surface area contributed by atoms with Crippen molar-refractivity contribution < 1.29 is 14.4 Å². The second-order valence-corrected chi connectivity index (χ2v) is 7.94. The third kappa shape index (κ3) is 4.99. The molecule has 2 N–H and O–H groups in total. The van der Waals surface area contributed by atoms with Gasteiger partial charge in [-0.05, 0) is 59.2 Å². The number of urea groups is 1. The Morgan fingerprint density at radius 3 is 1.97 bits per heavy atom. The van der Waals surface area contributed by atoms with Gasteiger partial charge in [-0.15, -0.1) is 0 Å². The van der Waals surface area contributed by atoms with Crippen molar-refractivity contribution in [2.75, 3.05) is 11.9 Å². The average Bonchev–Trinajstić information content (AvgIpc) is 3.04. The number of imide groups is 1. The fraction of sp³-hybridized carbons (Fsp3) is 0.0417. The average molecular weight is 466 g/mol. The molecule has 0 bridgehead atoms. The van der Waals surface area contributed by atoms with E-state index in [2.05, 4.69) is 10.6 Å². The van der Waals surface area contributed by atoms with Crippen molar-refractivity contribution in [3.63, 3.8) is 0 Å². The van der Waals surface area contributed by atoms with Crippen molar-refractivity contribution in [1.82, 2.24) is 10.2 Å². The van der Waals surface area contributed by atoms with E-state index in [4.69, 9.17) is 23.2 Å². The Morgan fingerprint density at radius 1 is 0.844 bits per heavy atom. The summed E-state index contributed by atoms with van der Waals surface area (Å²) in [4.78, 5) is 38.0. The molecule has 6 nitrogen and oxygen atoms in total. The highest BCUT2D eigenvalue weighted by Gasteiger charge is 2.34. The number of halogens is 2. The Balaban J connectivity index is 1.43. The highest BCUT2D eigenvalue weighted by atomic mass is 35.5. The molecule has 3 aromatic carbocycles. The highest BCUT2D eigenvalue weighted by molar-refractivity contribution is 6.31. The standard InChI is InChI=1S/C24H17Cl2N3O3/c25-18-7-5-17(6-8-18)16-3-1-15(2-4-16)13-21-23(31)29(24(32)28-21)14-22(30)27-20-11-9-19(26)10-12-20/h1-13H,14H2,(H,27,30)(H,28,32). The zero-order valence-corrected chi connectivity index (χ0v) is 18.2. The van der Waals surface area contributed by atoms with Crippen LogP contribution in [-0.4, -0.2) is 29.3 Å². The van der Waals surface area contributed by atoms with E-state index in [1.165, 1.54) is 0 Å². The van der Waals surface area contributed by atoms with Crippen molar-refractivity contribution in [3.8, 4) is 11.1 Å². The number of hydrogen-bond acceptors (Lipinski definition) is 3. The molecule has 0 saturated carbocycles. The van der Waals surface area contributed by atoms with Crippen LogP contribution in [0.15, 0.2) is 78.5 Å². The van der Waals surface area contributed by atoms with Crippen LogP contribution in [0, 0.1) is 0 Å². The van der Waals surface area contributed by atoms with Gasteiger partial charge in [-0.2, -0.15) is 0 Å². The van der Waals surface area contributed by atoms with Crippen molar-refractivity contribution >= 4 is 52.8 Å². The summed E-state index contributed by atoms with van der Waals surface area (Å²) in [6.07, 6.45) is 1.57. The van der Waals surface area contributed by atoms with Crippen LogP contribution in [-0.2, 0) is 9.59 Å². The quantitative estimate of drug-likeness (QED) is 0.401. The Hall–Kier alpha value is -3.61.